The van der Waals surface area contributed by atoms with Crippen molar-refractivity contribution in [1.82, 2.24) is 10.3 Å². The summed E-state index contributed by atoms with van der Waals surface area (Å²) in [7, 11) is 0. The zero-order valence-electron chi connectivity index (χ0n) is 12.4. The predicted octanol–water partition coefficient (Wildman–Crippen LogP) is 5.11. The Morgan fingerprint density at radius 1 is 1.14 bits per heavy atom. The molecule has 0 saturated carbocycles. The van der Waals surface area contributed by atoms with Gasteiger partial charge in [0.25, 0.3) is 0 Å². The lowest BCUT2D eigenvalue weighted by molar-refractivity contribution is 0.358. The van der Waals surface area contributed by atoms with Crippen LogP contribution in [0.3, 0.4) is 0 Å². The van der Waals surface area contributed by atoms with Gasteiger partial charge in [-0.1, -0.05) is 30.3 Å². The van der Waals surface area contributed by atoms with Crippen molar-refractivity contribution in [3.8, 4) is 0 Å². The van der Waals surface area contributed by atoms with Crippen LogP contribution < -0.4 is 5.32 Å². The van der Waals surface area contributed by atoms with Gasteiger partial charge in [-0.25, -0.2) is 0 Å². The number of hydrogen-bond acceptors (Lipinski definition) is 2. The number of hydrogen-bond donors (Lipinski definition) is 1. The van der Waals surface area contributed by atoms with Gasteiger partial charge in [-0.05, 0) is 70.2 Å². The normalized spacial score (nSPS) is 11.6. The largest absolute Gasteiger partial charge is 0.306 e. The number of nitrogens with one attached hydrogen (secondary N) is 1. The molecule has 2 aromatic rings. The Morgan fingerprint density at radius 3 is 2.52 bits per heavy atom. The molecule has 1 heterocycles. The van der Waals surface area contributed by atoms with Gasteiger partial charge in [-0.15, -0.1) is 0 Å². The van der Waals surface area contributed by atoms with Crippen molar-refractivity contribution in [1.29, 1.82) is 0 Å². The van der Waals surface area contributed by atoms with E-state index in [0.29, 0.717) is 0 Å². The number of aromatic nitrogens is 1. The fourth-order valence-corrected chi connectivity index (χ4v) is 3.21. The van der Waals surface area contributed by atoms with Gasteiger partial charge in [0.1, 0.15) is 0 Å². The summed E-state index contributed by atoms with van der Waals surface area (Å²) in [5, 5.41) is 3.60. The maximum atomic E-state index is 4.44. The van der Waals surface area contributed by atoms with Crippen molar-refractivity contribution in [2.75, 3.05) is 0 Å². The lowest BCUT2D eigenvalue weighted by Gasteiger charge is -2.26. The Balaban J connectivity index is 1.88. The van der Waals surface area contributed by atoms with E-state index >= 15 is 0 Å². The van der Waals surface area contributed by atoms with E-state index in [4.69, 9.17) is 0 Å². The van der Waals surface area contributed by atoms with Crippen LogP contribution in [0.1, 0.15) is 31.5 Å². The minimum absolute atomic E-state index is 0.0734. The second kappa shape index (κ2) is 7.52. The van der Waals surface area contributed by atoms with Crippen molar-refractivity contribution < 1.29 is 0 Å². The Labute approximate surface area is 143 Å². The van der Waals surface area contributed by atoms with Gasteiger partial charge in [0.15, 0.2) is 0 Å². The highest BCUT2D eigenvalue weighted by Gasteiger charge is 2.17. The molecule has 0 spiro atoms. The number of aryl methyl sites for hydroxylation is 1. The van der Waals surface area contributed by atoms with E-state index in [0.717, 1.165) is 34.0 Å². The monoisotopic (exact) mass is 410 g/mol. The maximum Gasteiger partial charge on any atom is 0.0684 e. The minimum Gasteiger partial charge on any atom is -0.306 e. The fourth-order valence-electron chi connectivity index (χ4n) is 2.09. The van der Waals surface area contributed by atoms with Gasteiger partial charge >= 0.3 is 0 Å². The van der Waals surface area contributed by atoms with Crippen LogP contribution in [0.25, 0.3) is 0 Å². The van der Waals surface area contributed by atoms with E-state index in [-0.39, 0.29) is 5.54 Å². The van der Waals surface area contributed by atoms with Crippen LogP contribution >= 0.6 is 31.9 Å². The van der Waals surface area contributed by atoms with E-state index in [2.05, 4.69) is 86.3 Å². The first-order chi connectivity index (χ1) is 9.96. The number of rotatable bonds is 6. The van der Waals surface area contributed by atoms with Crippen LogP contribution in [0.4, 0.5) is 0 Å². The molecular formula is C17H20Br2N2. The summed E-state index contributed by atoms with van der Waals surface area (Å²) in [4.78, 5) is 4.44. The predicted molar refractivity (Wildman–Crippen MR) is 95.3 cm³/mol. The third-order valence-corrected chi connectivity index (χ3v) is 4.62. The van der Waals surface area contributed by atoms with Crippen LogP contribution in [-0.4, -0.2) is 10.5 Å². The molecule has 21 heavy (non-hydrogen) atoms. The Kier molecular flexibility index (Phi) is 5.97. The van der Waals surface area contributed by atoms with Gasteiger partial charge in [0, 0.05) is 27.2 Å². The van der Waals surface area contributed by atoms with Crippen molar-refractivity contribution in [3.05, 3.63) is 62.8 Å². The molecule has 1 aromatic carbocycles. The molecule has 0 aliphatic rings. The third kappa shape index (κ3) is 5.53. The van der Waals surface area contributed by atoms with Gasteiger partial charge in [-0.3, -0.25) is 4.98 Å². The lowest BCUT2D eigenvalue weighted by Crippen LogP contribution is -2.39. The summed E-state index contributed by atoms with van der Waals surface area (Å²) in [6.07, 6.45) is 4.00. The second-order valence-corrected chi connectivity index (χ2v) is 7.58. The molecular weight excluding hydrogens is 392 g/mol. The van der Waals surface area contributed by atoms with Crippen LogP contribution in [0.15, 0.2) is 51.5 Å². The molecule has 0 amide bonds. The lowest BCUT2D eigenvalue weighted by atomic mass is 9.95. The highest BCUT2D eigenvalue weighted by molar-refractivity contribution is 9.11. The molecule has 1 N–H and O–H groups in total. The molecule has 112 valence electrons. The van der Waals surface area contributed by atoms with E-state index in [9.17, 15) is 0 Å². The first-order valence-electron chi connectivity index (χ1n) is 7.05. The molecule has 0 saturated heterocycles. The zero-order chi connectivity index (χ0) is 15.3. The van der Waals surface area contributed by atoms with Gasteiger partial charge in [0.2, 0.25) is 0 Å². The van der Waals surface area contributed by atoms with E-state index in [1.807, 2.05) is 12.3 Å². The topological polar surface area (TPSA) is 24.9 Å². The summed E-state index contributed by atoms with van der Waals surface area (Å²) in [5.74, 6) is 0. The molecule has 0 atom stereocenters. The number of benzene rings is 1. The minimum atomic E-state index is 0.0734. The molecule has 0 aliphatic heterocycles. The molecule has 2 rings (SSSR count). The van der Waals surface area contributed by atoms with Crippen molar-refractivity contribution in [2.24, 2.45) is 0 Å². The molecule has 2 nitrogen and oxygen atoms in total. The average molecular weight is 412 g/mol. The van der Waals surface area contributed by atoms with E-state index in [1.54, 1.807) is 0 Å². The fraction of sp³-hybridized carbons (Fsp3) is 0.353. The maximum absolute atomic E-state index is 4.44. The molecule has 4 heteroatoms. The van der Waals surface area contributed by atoms with Gasteiger partial charge < -0.3 is 5.32 Å². The smallest absolute Gasteiger partial charge is 0.0684 e. The average Bonchev–Trinajstić information content (AvgIpc) is 2.45. The Hall–Kier alpha value is -0.710. The molecule has 0 fully saturated rings. The summed E-state index contributed by atoms with van der Waals surface area (Å²) in [6, 6.07) is 12.6. The van der Waals surface area contributed by atoms with E-state index in [1.165, 1.54) is 5.56 Å². The Morgan fingerprint density at radius 2 is 1.86 bits per heavy atom. The highest BCUT2D eigenvalue weighted by Crippen LogP contribution is 2.21. The summed E-state index contributed by atoms with van der Waals surface area (Å²) in [6.45, 7) is 5.24. The first-order valence-corrected chi connectivity index (χ1v) is 8.64. The molecule has 0 unspecified atom stereocenters. The van der Waals surface area contributed by atoms with Crippen molar-refractivity contribution in [2.45, 2.75) is 38.8 Å². The number of pyridine rings is 1. The van der Waals surface area contributed by atoms with Crippen molar-refractivity contribution >= 4 is 31.9 Å². The molecule has 0 radical (unpaired) electrons. The second-order valence-electron chi connectivity index (χ2n) is 5.81. The summed E-state index contributed by atoms with van der Waals surface area (Å²) >= 11 is 6.98. The van der Waals surface area contributed by atoms with Crippen molar-refractivity contribution in [3.63, 3.8) is 0 Å². The van der Waals surface area contributed by atoms with Gasteiger partial charge in [0.05, 0.1) is 5.69 Å². The summed E-state index contributed by atoms with van der Waals surface area (Å²) in [5.41, 5.74) is 2.49. The van der Waals surface area contributed by atoms with Crippen LogP contribution in [0.5, 0.6) is 0 Å². The Bertz CT molecular complexity index is 583. The zero-order valence-corrected chi connectivity index (χ0v) is 15.5. The number of halogens is 2. The highest BCUT2D eigenvalue weighted by atomic mass is 79.9. The molecule has 0 aliphatic carbocycles. The van der Waals surface area contributed by atoms with Crippen LogP contribution in [0, 0.1) is 0 Å². The SMILES string of the molecule is CC(C)(CCc1ccccc1)NCc1ncc(Br)cc1Br. The van der Waals surface area contributed by atoms with Crippen LogP contribution in [-0.2, 0) is 13.0 Å². The summed E-state index contributed by atoms with van der Waals surface area (Å²) < 4.78 is 2.02. The molecule has 0 bridgehead atoms. The third-order valence-electron chi connectivity index (χ3n) is 3.50. The van der Waals surface area contributed by atoms with Crippen LogP contribution in [0.2, 0.25) is 0 Å². The quantitative estimate of drug-likeness (QED) is 0.714. The van der Waals surface area contributed by atoms with E-state index < -0.39 is 0 Å². The first kappa shape index (κ1) is 16.7. The standard InChI is InChI=1S/C17H20Br2N2/c1-17(2,9-8-13-6-4-3-5-7-13)21-12-16-15(19)10-14(18)11-20-16/h3-7,10-11,21H,8-9,12H2,1-2H3. The van der Waals surface area contributed by atoms with Gasteiger partial charge in [-0.2, -0.15) is 0 Å². The number of nitrogens with zero attached hydrogens (tertiary/aromatic N) is 1. The molecule has 1 aromatic heterocycles.